The third-order valence-electron chi connectivity index (χ3n) is 1.96. The lowest BCUT2D eigenvalue weighted by molar-refractivity contribution is 0.415. The number of ether oxygens (including phenoxy) is 1. The summed E-state index contributed by atoms with van der Waals surface area (Å²) in [4.78, 5) is 4.19. The number of benzene rings is 1. The molecule has 2 rings (SSSR count). The number of hydrogen-bond acceptors (Lipinski definition) is 4. The van der Waals surface area contributed by atoms with E-state index in [2.05, 4.69) is 4.98 Å². The molecule has 0 spiro atoms. The molecule has 0 aliphatic carbocycles. The Labute approximate surface area is 86.2 Å². The first-order valence-electron chi connectivity index (χ1n) is 4.14. The maximum absolute atomic E-state index is 5.77. The number of hydrogen-bond donors (Lipinski definition) is 1. The van der Waals surface area contributed by atoms with Crippen LogP contribution >= 0.6 is 11.3 Å². The molecule has 0 aliphatic rings. The molecule has 1 aromatic carbocycles. The van der Waals surface area contributed by atoms with Gasteiger partial charge in [-0.3, -0.25) is 0 Å². The molecule has 0 fully saturated rings. The van der Waals surface area contributed by atoms with Crippen molar-refractivity contribution in [3.63, 3.8) is 0 Å². The van der Waals surface area contributed by atoms with E-state index in [0.29, 0.717) is 0 Å². The van der Waals surface area contributed by atoms with Crippen LogP contribution < -0.4 is 10.5 Å². The van der Waals surface area contributed by atoms with Crippen LogP contribution in [0.15, 0.2) is 29.8 Å². The Balaban J connectivity index is 2.39. The summed E-state index contributed by atoms with van der Waals surface area (Å²) in [6.07, 6.45) is 0. The molecule has 0 aliphatic heterocycles. The quantitative estimate of drug-likeness (QED) is 0.820. The Morgan fingerprint density at radius 2 is 2.00 bits per heavy atom. The molecule has 2 N–H and O–H groups in total. The molecule has 0 unspecified atom stereocenters. The number of nitrogen functional groups attached to an aromatic ring is 1. The van der Waals surface area contributed by atoms with Crippen LogP contribution in [0, 0.1) is 0 Å². The number of nitrogens with zero attached hydrogens (tertiary/aromatic N) is 1. The predicted molar refractivity (Wildman–Crippen MR) is 58.5 cm³/mol. The number of aromatic nitrogens is 1. The first kappa shape index (κ1) is 9.02. The highest BCUT2D eigenvalue weighted by Gasteiger charge is 2.04. The first-order chi connectivity index (χ1) is 6.81. The number of anilines is 1. The third-order valence-corrected chi connectivity index (χ3v) is 2.62. The summed E-state index contributed by atoms with van der Waals surface area (Å²) in [5, 5.41) is 0.746. The first-order valence-corrected chi connectivity index (χ1v) is 5.02. The fourth-order valence-corrected chi connectivity index (χ4v) is 1.77. The van der Waals surface area contributed by atoms with Gasteiger partial charge in [0.05, 0.1) is 12.6 Å². The molecule has 4 heteroatoms. The zero-order valence-electron chi connectivity index (χ0n) is 7.73. The molecule has 0 amide bonds. The molecule has 72 valence electrons. The minimum absolute atomic E-state index is 0.746. The van der Waals surface area contributed by atoms with Crippen LogP contribution in [0.4, 0.5) is 5.00 Å². The Bertz CT molecular complexity index is 422. The van der Waals surface area contributed by atoms with Gasteiger partial charge in [-0.25, -0.2) is 4.98 Å². The highest BCUT2D eigenvalue weighted by atomic mass is 32.1. The van der Waals surface area contributed by atoms with Crippen molar-refractivity contribution in [2.24, 2.45) is 0 Å². The summed E-state index contributed by atoms with van der Waals surface area (Å²) in [7, 11) is 1.65. The predicted octanol–water partition coefficient (Wildman–Crippen LogP) is 2.40. The fourth-order valence-electron chi connectivity index (χ4n) is 1.22. The summed E-state index contributed by atoms with van der Waals surface area (Å²) in [6, 6.07) is 7.69. The second-order valence-electron chi connectivity index (χ2n) is 2.79. The summed E-state index contributed by atoms with van der Waals surface area (Å²) in [5.41, 5.74) is 9.38. The Kier molecular flexibility index (Phi) is 2.37. The van der Waals surface area contributed by atoms with E-state index in [9.17, 15) is 0 Å². The number of nitrogens with two attached hydrogens (primary N) is 1. The fraction of sp³-hybridized carbons (Fsp3) is 0.100. The van der Waals surface area contributed by atoms with Crippen molar-refractivity contribution in [3.05, 3.63) is 29.8 Å². The monoisotopic (exact) mass is 206 g/mol. The van der Waals surface area contributed by atoms with E-state index in [-0.39, 0.29) is 0 Å². The number of thiazole rings is 1. The summed E-state index contributed by atoms with van der Waals surface area (Å²) < 4.78 is 5.07. The van der Waals surface area contributed by atoms with Gasteiger partial charge in [0, 0.05) is 5.56 Å². The van der Waals surface area contributed by atoms with E-state index in [1.54, 1.807) is 12.6 Å². The van der Waals surface area contributed by atoms with E-state index in [1.807, 2.05) is 24.3 Å². The minimum Gasteiger partial charge on any atom is -0.497 e. The van der Waals surface area contributed by atoms with Crippen LogP contribution in [0.5, 0.6) is 5.75 Å². The molecular weight excluding hydrogens is 196 g/mol. The van der Waals surface area contributed by atoms with Gasteiger partial charge in [0.25, 0.3) is 0 Å². The average molecular weight is 206 g/mol. The number of methoxy groups -OCH3 is 1. The van der Waals surface area contributed by atoms with E-state index < -0.39 is 0 Å². The second kappa shape index (κ2) is 3.67. The molecule has 14 heavy (non-hydrogen) atoms. The van der Waals surface area contributed by atoms with Gasteiger partial charge >= 0.3 is 0 Å². The highest BCUT2D eigenvalue weighted by Crippen LogP contribution is 2.28. The largest absolute Gasteiger partial charge is 0.497 e. The van der Waals surface area contributed by atoms with Crippen LogP contribution in [0.1, 0.15) is 0 Å². The van der Waals surface area contributed by atoms with Crippen molar-refractivity contribution in [3.8, 4) is 17.0 Å². The van der Waals surface area contributed by atoms with E-state index in [1.165, 1.54) is 11.3 Å². The molecule has 0 saturated carbocycles. The normalized spacial score (nSPS) is 10.1. The van der Waals surface area contributed by atoms with E-state index in [0.717, 1.165) is 22.0 Å². The highest BCUT2D eigenvalue weighted by molar-refractivity contribution is 7.14. The molecular formula is C10H10N2OS. The van der Waals surface area contributed by atoms with Gasteiger partial charge in [-0.05, 0) is 24.3 Å². The molecule has 0 bridgehead atoms. The summed E-state index contributed by atoms with van der Waals surface area (Å²) in [5.74, 6) is 0.836. The van der Waals surface area contributed by atoms with Crippen molar-refractivity contribution in [1.82, 2.24) is 4.98 Å². The topological polar surface area (TPSA) is 48.1 Å². The zero-order chi connectivity index (χ0) is 9.97. The number of rotatable bonds is 2. The third kappa shape index (κ3) is 1.56. The summed E-state index contributed by atoms with van der Waals surface area (Å²) >= 11 is 1.44. The average Bonchev–Trinajstić information content (AvgIpc) is 2.65. The Hall–Kier alpha value is -1.55. The van der Waals surface area contributed by atoms with Gasteiger partial charge in [0.2, 0.25) is 0 Å². The standard InChI is InChI=1S/C10H10N2OS/c1-13-8-4-2-7(3-5-8)9-10(11)14-6-12-9/h2-6H,11H2,1H3. The molecule has 3 nitrogen and oxygen atoms in total. The summed E-state index contributed by atoms with van der Waals surface area (Å²) in [6.45, 7) is 0. The molecule has 1 aromatic heterocycles. The van der Waals surface area contributed by atoms with Crippen LogP contribution in [0.2, 0.25) is 0 Å². The van der Waals surface area contributed by atoms with Crippen molar-refractivity contribution >= 4 is 16.3 Å². The lowest BCUT2D eigenvalue weighted by Crippen LogP contribution is -1.86. The lowest BCUT2D eigenvalue weighted by Gasteiger charge is -2.01. The van der Waals surface area contributed by atoms with Gasteiger partial charge in [0.15, 0.2) is 0 Å². The van der Waals surface area contributed by atoms with Crippen molar-refractivity contribution in [2.45, 2.75) is 0 Å². The van der Waals surface area contributed by atoms with E-state index >= 15 is 0 Å². The zero-order valence-corrected chi connectivity index (χ0v) is 8.54. The Morgan fingerprint density at radius 3 is 2.50 bits per heavy atom. The minimum atomic E-state index is 0.746. The van der Waals surface area contributed by atoms with Gasteiger partial charge in [-0.2, -0.15) is 0 Å². The molecule has 2 aromatic rings. The van der Waals surface area contributed by atoms with Gasteiger partial charge in [-0.15, -0.1) is 11.3 Å². The maximum atomic E-state index is 5.77. The van der Waals surface area contributed by atoms with Crippen molar-refractivity contribution < 1.29 is 4.74 Å². The van der Waals surface area contributed by atoms with Crippen LogP contribution in [-0.4, -0.2) is 12.1 Å². The van der Waals surface area contributed by atoms with Crippen molar-refractivity contribution in [2.75, 3.05) is 12.8 Å². The van der Waals surface area contributed by atoms with Gasteiger partial charge in [-0.1, -0.05) is 0 Å². The SMILES string of the molecule is COc1ccc(-c2ncsc2N)cc1. The molecule has 0 atom stereocenters. The van der Waals surface area contributed by atoms with Crippen molar-refractivity contribution in [1.29, 1.82) is 0 Å². The van der Waals surface area contributed by atoms with Crippen LogP contribution in [-0.2, 0) is 0 Å². The molecule has 0 radical (unpaired) electrons. The van der Waals surface area contributed by atoms with Crippen LogP contribution in [0.25, 0.3) is 11.3 Å². The van der Waals surface area contributed by atoms with Crippen LogP contribution in [0.3, 0.4) is 0 Å². The molecule has 1 heterocycles. The van der Waals surface area contributed by atoms with E-state index in [4.69, 9.17) is 10.5 Å². The Morgan fingerprint density at radius 1 is 1.29 bits per heavy atom. The molecule has 0 saturated heterocycles. The smallest absolute Gasteiger partial charge is 0.118 e. The second-order valence-corrected chi connectivity index (χ2v) is 3.68. The maximum Gasteiger partial charge on any atom is 0.118 e. The lowest BCUT2D eigenvalue weighted by atomic mass is 10.1. The van der Waals surface area contributed by atoms with Gasteiger partial charge < -0.3 is 10.5 Å². The van der Waals surface area contributed by atoms with Gasteiger partial charge in [0.1, 0.15) is 16.4 Å².